The van der Waals surface area contributed by atoms with Crippen LogP contribution in [0.15, 0.2) is 110 Å². The lowest BCUT2D eigenvalue weighted by Gasteiger charge is -2.43. The van der Waals surface area contributed by atoms with E-state index >= 15 is 8.78 Å². The smallest absolute Gasteiger partial charge is 0.238 e. The molecule has 0 radical (unpaired) electrons. The molecule has 6 aliphatic rings. The number of carbonyl (C=O) groups excluding carboxylic acids is 2. The molecule has 12 rings (SSSR count). The van der Waals surface area contributed by atoms with Gasteiger partial charge in [-0.25, -0.2) is 8.78 Å². The number of rotatable bonds is 8. The number of hydrogen-bond donors (Lipinski definition) is 0. The van der Waals surface area contributed by atoms with Gasteiger partial charge in [0.1, 0.15) is 11.6 Å². The number of ether oxygens (including phenoxy) is 1. The molecule has 14 heteroatoms. The average Bonchev–Trinajstić information content (AvgIpc) is 4.24. The Kier molecular flexibility index (Phi) is 12.5. The standard InChI is InChI=1S/C28H31FN4O2.C27H29FN4OS/c1-31-17-22(16-30-31)20-8-9-21(25(29)15-20)18-33-26-7-3-2-6-24(26)28(27(33)34)10-12-32(13-11-28)23-5-4-14-35-19-23;1-30-16-21(15-29-30)19-6-7-20(24(28)14-19)17-32-25-5-3-2-4-23(25)27(26(32)33)9-11-31(12-10-27)22-8-13-34-18-22/h2-3,6-9,15-17,23H,4-5,10-14,18-19H2,1H3;2-7,14-16,22H,8-13,17-18H2,1H3. The summed E-state index contributed by atoms with van der Waals surface area (Å²) < 4.78 is 39.5. The number of carbonyl (C=O) groups is 2. The summed E-state index contributed by atoms with van der Waals surface area (Å²) in [6.07, 6.45) is 14.0. The molecule has 0 N–H and O–H groups in total. The van der Waals surface area contributed by atoms with Crippen molar-refractivity contribution in [1.29, 1.82) is 0 Å². The van der Waals surface area contributed by atoms with Gasteiger partial charge in [0.05, 0.1) is 42.9 Å². The third kappa shape index (κ3) is 8.50. The van der Waals surface area contributed by atoms with Crippen LogP contribution in [0.4, 0.5) is 20.2 Å². The Bertz CT molecular complexity index is 2850. The molecule has 69 heavy (non-hydrogen) atoms. The first-order chi connectivity index (χ1) is 33.6. The van der Waals surface area contributed by atoms with Crippen LogP contribution in [0.1, 0.15) is 67.2 Å². The fourth-order valence-corrected chi connectivity index (χ4v) is 13.3. The van der Waals surface area contributed by atoms with E-state index in [2.05, 4.69) is 32.1 Å². The Morgan fingerprint density at radius 1 is 0.638 bits per heavy atom. The van der Waals surface area contributed by atoms with E-state index in [4.69, 9.17) is 4.74 Å². The maximum absolute atomic E-state index is 15.2. The maximum Gasteiger partial charge on any atom is 0.238 e. The molecule has 4 aromatic carbocycles. The normalized spacial score (nSPS) is 22.0. The van der Waals surface area contributed by atoms with Gasteiger partial charge in [0.25, 0.3) is 0 Å². The zero-order valence-corrected chi connectivity index (χ0v) is 40.4. The third-order valence-electron chi connectivity index (χ3n) is 15.9. The number of piperidine rings is 2. The van der Waals surface area contributed by atoms with Crippen molar-refractivity contribution in [2.75, 3.05) is 60.7 Å². The molecule has 8 heterocycles. The van der Waals surface area contributed by atoms with Gasteiger partial charge in [-0.1, -0.05) is 60.7 Å². The fourth-order valence-electron chi connectivity index (χ4n) is 12.0. The van der Waals surface area contributed by atoms with Gasteiger partial charge < -0.3 is 14.5 Å². The van der Waals surface area contributed by atoms with E-state index in [1.165, 1.54) is 17.9 Å². The largest absolute Gasteiger partial charge is 0.380 e. The second-order valence-electron chi connectivity index (χ2n) is 19.9. The van der Waals surface area contributed by atoms with Crippen molar-refractivity contribution in [1.82, 2.24) is 29.4 Å². The van der Waals surface area contributed by atoms with Crippen LogP contribution in [0.3, 0.4) is 0 Å². The van der Waals surface area contributed by atoms with Crippen LogP contribution in [0.2, 0.25) is 0 Å². The summed E-state index contributed by atoms with van der Waals surface area (Å²) in [6.45, 7) is 5.80. The lowest BCUT2D eigenvalue weighted by Crippen LogP contribution is -2.52. The van der Waals surface area contributed by atoms with Gasteiger partial charge in [0.15, 0.2) is 0 Å². The predicted octanol–water partition coefficient (Wildman–Crippen LogP) is 8.90. The number of para-hydroxylation sites is 2. The van der Waals surface area contributed by atoms with E-state index < -0.39 is 10.8 Å². The van der Waals surface area contributed by atoms with Crippen LogP contribution in [0.5, 0.6) is 0 Å². The Hall–Kier alpha value is -5.67. The van der Waals surface area contributed by atoms with Crippen molar-refractivity contribution in [3.63, 3.8) is 0 Å². The molecular formula is C55H60F2N8O3S. The van der Waals surface area contributed by atoms with Gasteiger partial charge in [-0.05, 0) is 123 Å². The highest BCUT2D eigenvalue weighted by atomic mass is 32.2. The summed E-state index contributed by atoms with van der Waals surface area (Å²) in [5, 5.41) is 8.36. The minimum absolute atomic E-state index is 0.106. The molecule has 2 aromatic heterocycles. The van der Waals surface area contributed by atoms with E-state index in [0.717, 1.165) is 123 Å². The molecule has 4 saturated heterocycles. The quantitative estimate of drug-likeness (QED) is 0.150. The first-order valence-corrected chi connectivity index (χ1v) is 25.8. The number of fused-ring (bicyclic) bond motifs is 4. The van der Waals surface area contributed by atoms with Crippen molar-refractivity contribution in [2.24, 2.45) is 14.1 Å². The monoisotopic (exact) mass is 950 g/mol. The van der Waals surface area contributed by atoms with Crippen molar-refractivity contribution in [3.05, 3.63) is 144 Å². The van der Waals surface area contributed by atoms with Crippen LogP contribution in [-0.4, -0.2) is 104 Å². The third-order valence-corrected chi connectivity index (χ3v) is 17.1. The molecule has 2 amide bonds. The van der Waals surface area contributed by atoms with Gasteiger partial charge in [-0.2, -0.15) is 22.0 Å². The number of amides is 2. The van der Waals surface area contributed by atoms with Crippen LogP contribution in [-0.2, 0) is 52.3 Å². The number of halogens is 2. The molecule has 2 spiro atoms. The van der Waals surface area contributed by atoms with Crippen molar-refractivity contribution in [2.45, 2.75) is 80.9 Å². The molecule has 0 aliphatic carbocycles. The van der Waals surface area contributed by atoms with Gasteiger partial charge in [0, 0.05) is 84.6 Å². The number of thioether (sulfide) groups is 1. The number of aromatic nitrogens is 4. The highest BCUT2D eigenvalue weighted by Gasteiger charge is 2.54. The zero-order chi connectivity index (χ0) is 47.3. The lowest BCUT2D eigenvalue weighted by atomic mass is 9.73. The highest BCUT2D eigenvalue weighted by Crippen LogP contribution is 2.50. The number of likely N-dealkylation sites (tertiary alicyclic amines) is 2. The number of benzene rings is 4. The van der Waals surface area contributed by atoms with Gasteiger partial charge in [0.2, 0.25) is 11.8 Å². The summed E-state index contributed by atoms with van der Waals surface area (Å²) in [7, 11) is 3.69. The van der Waals surface area contributed by atoms with Crippen molar-refractivity contribution >= 4 is 35.0 Å². The van der Waals surface area contributed by atoms with Gasteiger partial charge in [-0.15, -0.1) is 0 Å². The summed E-state index contributed by atoms with van der Waals surface area (Å²) >= 11 is 2.04. The summed E-state index contributed by atoms with van der Waals surface area (Å²) in [6, 6.07) is 27.8. The lowest BCUT2D eigenvalue weighted by molar-refractivity contribution is -0.126. The van der Waals surface area contributed by atoms with Crippen LogP contribution in [0.25, 0.3) is 22.3 Å². The summed E-state index contributed by atoms with van der Waals surface area (Å²) in [4.78, 5) is 36.6. The summed E-state index contributed by atoms with van der Waals surface area (Å²) in [5.74, 6) is 2.09. The molecule has 2 atom stereocenters. The second kappa shape index (κ2) is 18.9. The molecule has 6 aliphatic heterocycles. The zero-order valence-electron chi connectivity index (χ0n) is 39.5. The molecule has 0 saturated carbocycles. The fraction of sp³-hybridized carbons (Fsp3) is 0.418. The maximum atomic E-state index is 15.2. The van der Waals surface area contributed by atoms with Crippen molar-refractivity contribution < 1.29 is 23.1 Å². The number of anilines is 2. The molecule has 4 fully saturated rings. The second-order valence-corrected chi connectivity index (χ2v) is 21.0. The van der Waals surface area contributed by atoms with E-state index in [9.17, 15) is 9.59 Å². The SMILES string of the molecule is Cn1cc(-c2ccc(CN3C(=O)C4(CCN(C5CCCOC5)CC4)c4ccccc43)c(F)c2)cn1.Cn1cc(-c2ccc(CN3C(=O)C4(CCN(C5CCSC5)CC4)c4ccccc43)c(F)c2)cn1. The highest BCUT2D eigenvalue weighted by molar-refractivity contribution is 7.99. The molecule has 11 nitrogen and oxygen atoms in total. The molecule has 6 aromatic rings. The van der Waals surface area contributed by atoms with Crippen LogP contribution in [0, 0.1) is 11.6 Å². The minimum Gasteiger partial charge on any atom is -0.380 e. The Balaban J connectivity index is 0.000000151. The average molecular weight is 951 g/mol. The van der Waals surface area contributed by atoms with E-state index in [0.29, 0.717) is 23.2 Å². The Morgan fingerprint density at radius 2 is 1.13 bits per heavy atom. The number of aryl methyl sites for hydroxylation is 2. The molecule has 358 valence electrons. The summed E-state index contributed by atoms with van der Waals surface area (Å²) in [5.41, 5.74) is 7.44. The van der Waals surface area contributed by atoms with Crippen LogP contribution >= 0.6 is 11.8 Å². The first-order valence-electron chi connectivity index (χ1n) is 24.6. The van der Waals surface area contributed by atoms with Crippen LogP contribution < -0.4 is 9.80 Å². The first kappa shape index (κ1) is 45.8. The topological polar surface area (TPSA) is 92.0 Å². The Labute approximate surface area is 407 Å². The number of nitrogens with zero attached hydrogens (tertiary/aromatic N) is 8. The van der Waals surface area contributed by atoms with E-state index in [-0.39, 0.29) is 36.5 Å². The van der Waals surface area contributed by atoms with E-state index in [1.54, 1.807) is 50.9 Å². The van der Waals surface area contributed by atoms with Gasteiger partial charge >= 0.3 is 0 Å². The Morgan fingerprint density at radius 3 is 1.55 bits per heavy atom. The van der Waals surface area contributed by atoms with E-state index in [1.807, 2.05) is 91.7 Å². The molecular weight excluding hydrogens is 891 g/mol. The van der Waals surface area contributed by atoms with Gasteiger partial charge in [-0.3, -0.25) is 28.8 Å². The van der Waals surface area contributed by atoms with Crippen molar-refractivity contribution in [3.8, 4) is 22.3 Å². The predicted molar refractivity (Wildman–Crippen MR) is 267 cm³/mol. The number of hydrogen-bond acceptors (Lipinski definition) is 8. The minimum atomic E-state index is -0.519. The molecule has 0 bridgehead atoms. The molecule has 2 unspecified atom stereocenters.